The number of tetrazole rings is 1. The van der Waals surface area contributed by atoms with E-state index in [1.165, 1.54) is 0 Å². The third kappa shape index (κ3) is 3.69. The summed E-state index contributed by atoms with van der Waals surface area (Å²) in [7, 11) is 1.88. The Labute approximate surface area is 190 Å². The zero-order chi connectivity index (χ0) is 22.8. The van der Waals surface area contributed by atoms with Crippen molar-refractivity contribution in [3.63, 3.8) is 0 Å². The monoisotopic (exact) mass is 443 g/mol. The molecular weight excluding hydrogens is 418 g/mol. The van der Waals surface area contributed by atoms with Gasteiger partial charge in [0.1, 0.15) is 0 Å². The van der Waals surface area contributed by atoms with E-state index >= 15 is 0 Å². The van der Waals surface area contributed by atoms with Crippen LogP contribution in [0.15, 0.2) is 72.2 Å². The molecule has 0 fully saturated rings. The van der Waals surface area contributed by atoms with Gasteiger partial charge in [-0.2, -0.15) is 5.21 Å². The highest BCUT2D eigenvalue weighted by molar-refractivity contribution is 5.57. The Balaban J connectivity index is 1.62. The lowest BCUT2D eigenvalue weighted by molar-refractivity contribution is 0.497. The van der Waals surface area contributed by atoms with Crippen molar-refractivity contribution in [3.8, 4) is 17.3 Å². The quantitative estimate of drug-likeness (QED) is 0.452. The first kappa shape index (κ1) is 20.7. The summed E-state index contributed by atoms with van der Waals surface area (Å²) in [6.45, 7) is 2.56. The fourth-order valence-electron chi connectivity index (χ4n) is 4.27. The molecule has 0 aliphatic carbocycles. The van der Waals surface area contributed by atoms with Gasteiger partial charge in [0.2, 0.25) is 11.8 Å². The molecule has 3 aromatic heterocycles. The number of aryl methyl sites for hydroxylation is 2. The number of H-pyrrole nitrogens is 1. The van der Waals surface area contributed by atoms with Gasteiger partial charge >= 0.3 is 5.69 Å². The van der Waals surface area contributed by atoms with Crippen molar-refractivity contribution in [2.24, 2.45) is 7.05 Å². The second-order valence-electron chi connectivity index (χ2n) is 8.14. The number of imidazole rings is 2. The Bertz CT molecular complexity index is 1360. The standard InChI is InChI=1S/C23H25N9O/c1-3-5-19-15-31(21-25-12-13-30(21)2)22(33)32(19)16-23(8-10-24-11-9-23)18-7-4-6-17(14-18)20-26-28-29-27-20/h4,6-15,24H,3,5,16H2,1-2H3,(H,26,27,28,29). The van der Waals surface area contributed by atoms with Gasteiger partial charge in [-0.05, 0) is 35.7 Å². The molecule has 0 spiro atoms. The molecule has 0 amide bonds. The minimum absolute atomic E-state index is 0.109. The van der Waals surface area contributed by atoms with E-state index < -0.39 is 5.41 Å². The zero-order valence-corrected chi connectivity index (χ0v) is 18.5. The molecule has 0 radical (unpaired) electrons. The van der Waals surface area contributed by atoms with E-state index in [0.717, 1.165) is 29.7 Å². The third-order valence-corrected chi connectivity index (χ3v) is 5.96. The van der Waals surface area contributed by atoms with E-state index in [1.54, 1.807) is 10.8 Å². The molecule has 0 atom stereocenters. The molecule has 4 heterocycles. The first-order chi connectivity index (χ1) is 16.1. The molecule has 0 bridgehead atoms. The fourth-order valence-corrected chi connectivity index (χ4v) is 4.27. The third-order valence-electron chi connectivity index (χ3n) is 5.96. The van der Waals surface area contributed by atoms with Gasteiger partial charge in [-0.15, -0.1) is 10.2 Å². The molecule has 1 aliphatic heterocycles. The summed E-state index contributed by atoms with van der Waals surface area (Å²) >= 11 is 0. The van der Waals surface area contributed by atoms with E-state index in [9.17, 15) is 4.79 Å². The number of aromatic nitrogens is 8. The van der Waals surface area contributed by atoms with Crippen LogP contribution >= 0.6 is 0 Å². The molecule has 4 aromatic rings. The number of rotatable bonds is 7. The van der Waals surface area contributed by atoms with Crippen LogP contribution in [0.3, 0.4) is 0 Å². The molecule has 0 unspecified atom stereocenters. The van der Waals surface area contributed by atoms with Crippen molar-refractivity contribution in [1.29, 1.82) is 0 Å². The van der Waals surface area contributed by atoms with Crippen molar-refractivity contribution in [2.45, 2.75) is 31.7 Å². The van der Waals surface area contributed by atoms with Crippen LogP contribution in [0.25, 0.3) is 17.3 Å². The van der Waals surface area contributed by atoms with Gasteiger partial charge in [0.15, 0.2) is 0 Å². The lowest BCUT2D eigenvalue weighted by atomic mass is 9.78. The smallest absolute Gasteiger partial charge is 0.335 e. The van der Waals surface area contributed by atoms with E-state index in [2.05, 4.69) is 56.1 Å². The van der Waals surface area contributed by atoms with Gasteiger partial charge in [-0.3, -0.25) is 4.57 Å². The lowest BCUT2D eigenvalue weighted by Crippen LogP contribution is -2.36. The molecule has 0 saturated heterocycles. The van der Waals surface area contributed by atoms with E-state index in [4.69, 9.17) is 0 Å². The van der Waals surface area contributed by atoms with Crippen molar-refractivity contribution < 1.29 is 0 Å². The molecular formula is C23H25N9O. The van der Waals surface area contributed by atoms with Gasteiger partial charge in [-0.25, -0.2) is 14.3 Å². The minimum atomic E-state index is -0.537. The summed E-state index contributed by atoms with van der Waals surface area (Å²) < 4.78 is 5.33. The highest BCUT2D eigenvalue weighted by atomic mass is 16.1. The van der Waals surface area contributed by atoms with Crippen LogP contribution in [0, 0.1) is 0 Å². The average molecular weight is 444 g/mol. The molecule has 1 aromatic carbocycles. The van der Waals surface area contributed by atoms with Crippen LogP contribution in [0.2, 0.25) is 0 Å². The maximum atomic E-state index is 13.6. The molecule has 33 heavy (non-hydrogen) atoms. The summed E-state index contributed by atoms with van der Waals surface area (Å²) in [5.74, 6) is 1.12. The second-order valence-corrected chi connectivity index (χ2v) is 8.14. The highest BCUT2D eigenvalue weighted by Crippen LogP contribution is 2.33. The van der Waals surface area contributed by atoms with Gasteiger partial charge in [0.05, 0.1) is 5.41 Å². The van der Waals surface area contributed by atoms with Crippen LogP contribution in [0.4, 0.5) is 0 Å². The van der Waals surface area contributed by atoms with Crippen LogP contribution in [0.5, 0.6) is 0 Å². The fraction of sp³-hybridized carbons (Fsp3) is 0.261. The van der Waals surface area contributed by atoms with Crippen molar-refractivity contribution in [2.75, 3.05) is 0 Å². The average Bonchev–Trinajstić information content (AvgIpc) is 3.58. The topological polar surface area (TPSA) is 111 Å². The number of hydrogen-bond donors (Lipinski definition) is 2. The normalized spacial score (nSPS) is 14.5. The number of dihydropyridines is 1. The molecule has 10 heteroatoms. The van der Waals surface area contributed by atoms with Crippen LogP contribution in [-0.2, 0) is 25.4 Å². The van der Waals surface area contributed by atoms with Crippen molar-refractivity contribution >= 4 is 0 Å². The number of nitrogens with one attached hydrogen (secondary N) is 2. The molecule has 5 rings (SSSR count). The largest absolute Gasteiger partial charge is 0.368 e. The summed E-state index contributed by atoms with van der Waals surface area (Å²) in [4.78, 5) is 18.0. The summed E-state index contributed by atoms with van der Waals surface area (Å²) in [6, 6.07) is 8.03. The van der Waals surface area contributed by atoms with Gasteiger partial charge in [0.25, 0.3) is 0 Å². The molecule has 2 N–H and O–H groups in total. The van der Waals surface area contributed by atoms with Gasteiger partial charge in [0, 0.05) is 43.4 Å². The summed E-state index contributed by atoms with van der Waals surface area (Å²) in [5, 5.41) is 17.5. The van der Waals surface area contributed by atoms with Crippen LogP contribution < -0.4 is 11.0 Å². The number of aromatic amines is 1. The van der Waals surface area contributed by atoms with Gasteiger partial charge < -0.3 is 9.88 Å². The summed E-state index contributed by atoms with van der Waals surface area (Å²) in [5.41, 5.74) is 2.21. The van der Waals surface area contributed by atoms with Crippen molar-refractivity contribution in [3.05, 3.63) is 89.1 Å². The predicted molar refractivity (Wildman–Crippen MR) is 123 cm³/mol. The first-order valence-corrected chi connectivity index (χ1v) is 10.9. The Morgan fingerprint density at radius 2 is 2.03 bits per heavy atom. The summed E-state index contributed by atoms with van der Waals surface area (Å²) in [6.07, 6.45) is 15.1. The number of benzene rings is 1. The Morgan fingerprint density at radius 3 is 2.73 bits per heavy atom. The number of nitrogens with zero attached hydrogens (tertiary/aromatic N) is 7. The van der Waals surface area contributed by atoms with Crippen LogP contribution in [0.1, 0.15) is 24.6 Å². The molecule has 1 aliphatic rings. The molecule has 10 nitrogen and oxygen atoms in total. The lowest BCUT2D eigenvalue weighted by Gasteiger charge is -2.31. The van der Waals surface area contributed by atoms with E-state index in [1.807, 2.05) is 59.2 Å². The Morgan fingerprint density at radius 1 is 1.18 bits per heavy atom. The van der Waals surface area contributed by atoms with Gasteiger partial charge in [-0.1, -0.05) is 43.7 Å². The zero-order valence-electron chi connectivity index (χ0n) is 18.5. The van der Waals surface area contributed by atoms with E-state index in [0.29, 0.717) is 18.3 Å². The Hall–Kier alpha value is -4.21. The second kappa shape index (κ2) is 8.38. The number of allylic oxidation sites excluding steroid dienone is 2. The van der Waals surface area contributed by atoms with Crippen molar-refractivity contribution in [1.82, 2.24) is 44.6 Å². The van der Waals surface area contributed by atoms with E-state index in [-0.39, 0.29) is 5.69 Å². The SMILES string of the molecule is CCCc1cn(-c2nccn2C)c(=O)n1CC1(c2cccc(-c3nn[nH]n3)c2)C=CNC=C1. The Kier molecular flexibility index (Phi) is 5.25. The highest BCUT2D eigenvalue weighted by Gasteiger charge is 2.31. The maximum absolute atomic E-state index is 13.6. The number of hydrogen-bond acceptors (Lipinski definition) is 6. The molecule has 0 saturated carbocycles. The maximum Gasteiger partial charge on any atom is 0.335 e. The first-order valence-electron chi connectivity index (χ1n) is 10.9. The molecule has 168 valence electrons. The van der Waals surface area contributed by atoms with Crippen LogP contribution in [-0.4, -0.2) is 39.3 Å². The predicted octanol–water partition coefficient (Wildman–Crippen LogP) is 2.07. The minimum Gasteiger partial charge on any atom is -0.368 e.